The van der Waals surface area contributed by atoms with Gasteiger partial charge in [-0.1, -0.05) is 19.4 Å². The highest BCUT2D eigenvalue weighted by molar-refractivity contribution is 5.89. The molecule has 3 aliphatic rings. The molecule has 3 heterocycles. The predicted octanol–water partition coefficient (Wildman–Crippen LogP) is -0.329. The van der Waals surface area contributed by atoms with E-state index in [0.717, 1.165) is 0 Å². The summed E-state index contributed by atoms with van der Waals surface area (Å²) in [6.45, 7) is 5.90. The second-order valence-corrected chi connectivity index (χ2v) is 5.08. The number of hydrogen-bond donors (Lipinski definition) is 2. The zero-order valence-electron chi connectivity index (χ0n) is 11.1. The molecular formula is C14H16N2O4. The third-order valence-corrected chi connectivity index (χ3v) is 4.13. The van der Waals surface area contributed by atoms with Crippen molar-refractivity contribution in [1.29, 1.82) is 0 Å². The fraction of sp³-hybridized carbons (Fsp3) is 0.500. The monoisotopic (exact) mass is 276 g/mol. The number of aliphatic hydroxyl groups is 1. The summed E-state index contributed by atoms with van der Waals surface area (Å²) in [6.07, 6.45) is 7.77. The van der Waals surface area contributed by atoms with E-state index in [1.165, 1.54) is 6.08 Å². The molecular weight excluding hydrogens is 260 g/mol. The Labute approximate surface area is 117 Å². The smallest absolute Gasteiger partial charge is 0.250 e. The van der Waals surface area contributed by atoms with Crippen LogP contribution in [0.25, 0.3) is 0 Å². The van der Waals surface area contributed by atoms with E-state index in [1.54, 1.807) is 11.1 Å². The summed E-state index contributed by atoms with van der Waals surface area (Å²) in [5.74, 6) is 2.62. The van der Waals surface area contributed by atoms with E-state index in [-0.39, 0.29) is 12.5 Å². The third kappa shape index (κ3) is 1.32. The molecule has 6 heteroatoms. The van der Waals surface area contributed by atoms with Crippen LogP contribution in [0.3, 0.4) is 0 Å². The van der Waals surface area contributed by atoms with Crippen molar-refractivity contribution in [2.45, 2.75) is 36.9 Å². The summed E-state index contributed by atoms with van der Waals surface area (Å²) in [4.78, 5) is 13.0. The Morgan fingerprint density at radius 3 is 3.00 bits per heavy atom. The summed E-state index contributed by atoms with van der Waals surface area (Å²) < 4.78 is 11.5. The quantitative estimate of drug-likeness (QED) is 0.676. The van der Waals surface area contributed by atoms with Gasteiger partial charge in [0.1, 0.15) is 18.5 Å². The molecule has 0 radical (unpaired) electrons. The second kappa shape index (κ2) is 4.09. The molecule has 0 saturated carbocycles. The zero-order chi connectivity index (χ0) is 14.5. The van der Waals surface area contributed by atoms with Crippen LogP contribution in [0.5, 0.6) is 0 Å². The van der Waals surface area contributed by atoms with Gasteiger partial charge in [0.05, 0.1) is 6.10 Å². The molecule has 2 fully saturated rings. The third-order valence-electron chi connectivity index (χ3n) is 4.13. The van der Waals surface area contributed by atoms with E-state index >= 15 is 0 Å². The van der Waals surface area contributed by atoms with Crippen LogP contribution in [-0.4, -0.2) is 46.1 Å². The van der Waals surface area contributed by atoms with E-state index in [0.29, 0.717) is 12.2 Å². The van der Waals surface area contributed by atoms with Crippen molar-refractivity contribution in [2.24, 2.45) is 0 Å². The van der Waals surface area contributed by atoms with Gasteiger partial charge >= 0.3 is 0 Å². The van der Waals surface area contributed by atoms with Crippen LogP contribution < -0.4 is 5.32 Å². The van der Waals surface area contributed by atoms with Gasteiger partial charge in [-0.05, 0) is 6.42 Å². The topological polar surface area (TPSA) is 71.0 Å². The average Bonchev–Trinajstić information content (AvgIpc) is 2.56. The molecule has 0 aromatic heterocycles. The van der Waals surface area contributed by atoms with Gasteiger partial charge < -0.3 is 24.8 Å². The van der Waals surface area contributed by atoms with Gasteiger partial charge in [-0.15, -0.1) is 6.42 Å². The van der Waals surface area contributed by atoms with E-state index in [1.807, 2.05) is 6.92 Å². The van der Waals surface area contributed by atoms with Crippen molar-refractivity contribution in [1.82, 2.24) is 10.2 Å². The second-order valence-electron chi connectivity index (χ2n) is 5.08. The van der Waals surface area contributed by atoms with Crippen molar-refractivity contribution < 1.29 is 19.4 Å². The van der Waals surface area contributed by atoms with E-state index < -0.39 is 23.5 Å². The Balaban J connectivity index is 2.04. The fourth-order valence-electron chi connectivity index (χ4n) is 3.03. The Kier molecular flexibility index (Phi) is 2.70. The number of carbonyl (C=O) groups excluding carboxylic acids is 1. The molecule has 0 aromatic carbocycles. The van der Waals surface area contributed by atoms with Crippen LogP contribution in [0.15, 0.2) is 24.7 Å². The average molecular weight is 276 g/mol. The summed E-state index contributed by atoms with van der Waals surface area (Å²) in [7, 11) is 0. The normalized spacial score (nSPS) is 42.8. The molecule has 6 nitrogen and oxygen atoms in total. The number of ether oxygens (including phenoxy) is 2. The van der Waals surface area contributed by atoms with Crippen molar-refractivity contribution in [3.8, 4) is 12.3 Å². The van der Waals surface area contributed by atoms with Gasteiger partial charge in [0.25, 0.3) is 5.91 Å². The molecule has 2 saturated heterocycles. The number of hydrogen-bond acceptors (Lipinski definition) is 5. The van der Waals surface area contributed by atoms with Crippen molar-refractivity contribution in [2.75, 3.05) is 6.61 Å². The van der Waals surface area contributed by atoms with Crippen LogP contribution in [0.1, 0.15) is 13.3 Å². The number of nitrogens with one attached hydrogen (secondary N) is 1. The highest BCUT2D eigenvalue weighted by atomic mass is 16.7. The highest BCUT2D eigenvalue weighted by Gasteiger charge is 2.75. The summed E-state index contributed by atoms with van der Waals surface area (Å²) in [5.41, 5.74) is -2.27. The molecule has 1 amide bonds. The number of aliphatic hydroxyl groups excluding tert-OH is 1. The maximum atomic E-state index is 11.3. The van der Waals surface area contributed by atoms with Crippen LogP contribution >= 0.6 is 0 Å². The SMILES string of the molecule is C#C[C@@]12OC[C@@]1(N1C=CC(=O)NC1=C)O[C@H](CC)C2O. The summed E-state index contributed by atoms with van der Waals surface area (Å²) in [5, 5.41) is 13.0. The Hall–Kier alpha value is -1.81. The number of rotatable bonds is 2. The first-order valence-electron chi connectivity index (χ1n) is 6.46. The van der Waals surface area contributed by atoms with Gasteiger partial charge in [-0.2, -0.15) is 0 Å². The Bertz CT molecular complexity index is 552. The number of terminal acetylenes is 1. The molecule has 0 aromatic rings. The number of amides is 1. The van der Waals surface area contributed by atoms with Gasteiger partial charge in [-0.3, -0.25) is 4.79 Å². The number of carbonyl (C=O) groups is 1. The first kappa shape index (κ1) is 13.2. The lowest BCUT2D eigenvalue weighted by atomic mass is 9.80. The number of fused-ring (bicyclic) bond motifs is 1. The molecule has 3 aliphatic heterocycles. The van der Waals surface area contributed by atoms with Crippen LogP contribution in [0.2, 0.25) is 0 Å². The van der Waals surface area contributed by atoms with Gasteiger partial charge in [-0.25, -0.2) is 0 Å². The molecule has 20 heavy (non-hydrogen) atoms. The Morgan fingerprint density at radius 2 is 2.50 bits per heavy atom. The molecule has 0 aliphatic carbocycles. The molecule has 0 bridgehead atoms. The van der Waals surface area contributed by atoms with Gasteiger partial charge in [0, 0.05) is 12.3 Å². The first-order chi connectivity index (χ1) is 9.50. The lowest BCUT2D eigenvalue weighted by Crippen LogP contribution is -2.76. The minimum absolute atomic E-state index is 0.198. The molecule has 4 atom stereocenters. The molecule has 1 unspecified atom stereocenters. The summed E-state index contributed by atoms with van der Waals surface area (Å²) >= 11 is 0. The van der Waals surface area contributed by atoms with Gasteiger partial charge in [0.15, 0.2) is 0 Å². The predicted molar refractivity (Wildman–Crippen MR) is 69.7 cm³/mol. The lowest BCUT2D eigenvalue weighted by Gasteiger charge is -2.56. The number of nitrogens with zero attached hydrogens (tertiary/aromatic N) is 1. The van der Waals surface area contributed by atoms with Crippen LogP contribution in [-0.2, 0) is 14.3 Å². The molecule has 0 spiro atoms. The standard InChI is InChI=1S/C14H16N2O4/c1-4-10-12(18)13(5-2)14(20-10,8-19-13)16-7-6-11(17)15-9(16)3/h2,6-7,10,12,18H,3-4,8H2,1H3,(H,15,17)/t10-,12?,13+,14-/m1/s1. The van der Waals surface area contributed by atoms with E-state index in [2.05, 4.69) is 17.8 Å². The highest BCUT2D eigenvalue weighted by Crippen LogP contribution is 2.53. The van der Waals surface area contributed by atoms with E-state index in [9.17, 15) is 9.90 Å². The van der Waals surface area contributed by atoms with Crippen LogP contribution in [0, 0.1) is 12.3 Å². The van der Waals surface area contributed by atoms with Crippen molar-refractivity contribution in [3.63, 3.8) is 0 Å². The minimum Gasteiger partial charge on any atom is -0.386 e. The maximum absolute atomic E-state index is 11.3. The maximum Gasteiger partial charge on any atom is 0.250 e. The van der Waals surface area contributed by atoms with E-state index in [4.69, 9.17) is 15.9 Å². The minimum atomic E-state index is -1.25. The zero-order valence-corrected chi connectivity index (χ0v) is 11.1. The van der Waals surface area contributed by atoms with Crippen molar-refractivity contribution in [3.05, 3.63) is 24.7 Å². The molecule has 106 valence electrons. The van der Waals surface area contributed by atoms with Crippen LogP contribution in [0.4, 0.5) is 0 Å². The largest absolute Gasteiger partial charge is 0.386 e. The molecule has 2 N–H and O–H groups in total. The fourth-order valence-corrected chi connectivity index (χ4v) is 3.03. The lowest BCUT2D eigenvalue weighted by molar-refractivity contribution is -0.313. The summed E-state index contributed by atoms with van der Waals surface area (Å²) in [6, 6.07) is 0. The first-order valence-corrected chi connectivity index (χ1v) is 6.46. The van der Waals surface area contributed by atoms with Gasteiger partial charge in [0.2, 0.25) is 11.3 Å². The Morgan fingerprint density at radius 1 is 1.75 bits per heavy atom. The van der Waals surface area contributed by atoms with Crippen molar-refractivity contribution >= 4 is 5.91 Å². The molecule has 3 rings (SSSR count).